The number of esters is 1. The van der Waals surface area contributed by atoms with Gasteiger partial charge in [-0.25, -0.2) is 4.79 Å². The van der Waals surface area contributed by atoms with E-state index in [9.17, 15) is 4.79 Å². The van der Waals surface area contributed by atoms with Crippen molar-refractivity contribution >= 4 is 23.3 Å². The second kappa shape index (κ2) is 5.61. The average molecular weight is 268 g/mol. The SMILES string of the molecule is Cc1cccc(Cl)c1N[C@@H](C)C(=O)OCC1CC1. The molecule has 0 radical (unpaired) electrons. The standard InChI is InChI=1S/C14H18ClNO2/c1-9-4-3-5-12(15)13(9)16-10(2)14(17)18-8-11-6-7-11/h3-5,10-11,16H,6-8H2,1-2H3/t10-/m0/s1. The molecule has 0 saturated heterocycles. The number of carbonyl (C=O) groups is 1. The molecule has 1 aromatic carbocycles. The third kappa shape index (κ3) is 3.39. The van der Waals surface area contributed by atoms with Crippen molar-refractivity contribution in [2.45, 2.75) is 32.7 Å². The van der Waals surface area contributed by atoms with Crippen LogP contribution in [0.5, 0.6) is 0 Å². The van der Waals surface area contributed by atoms with Crippen molar-refractivity contribution in [3.8, 4) is 0 Å². The number of anilines is 1. The van der Waals surface area contributed by atoms with Gasteiger partial charge in [0.25, 0.3) is 0 Å². The van der Waals surface area contributed by atoms with E-state index in [-0.39, 0.29) is 12.0 Å². The van der Waals surface area contributed by atoms with E-state index in [0.29, 0.717) is 17.5 Å². The summed E-state index contributed by atoms with van der Waals surface area (Å²) in [7, 11) is 0. The zero-order chi connectivity index (χ0) is 13.1. The molecular weight excluding hydrogens is 250 g/mol. The van der Waals surface area contributed by atoms with Crippen molar-refractivity contribution in [3.05, 3.63) is 28.8 Å². The van der Waals surface area contributed by atoms with Crippen LogP contribution >= 0.6 is 11.6 Å². The fourth-order valence-electron chi connectivity index (χ4n) is 1.70. The van der Waals surface area contributed by atoms with E-state index in [1.807, 2.05) is 19.1 Å². The predicted molar refractivity (Wildman–Crippen MR) is 73.0 cm³/mol. The van der Waals surface area contributed by atoms with Gasteiger partial charge in [0, 0.05) is 0 Å². The highest BCUT2D eigenvalue weighted by atomic mass is 35.5. The fourth-order valence-corrected chi connectivity index (χ4v) is 1.98. The van der Waals surface area contributed by atoms with Crippen LogP contribution in [-0.4, -0.2) is 18.6 Å². The molecule has 0 heterocycles. The number of aryl methyl sites for hydroxylation is 1. The Bertz CT molecular complexity index is 423. The first-order valence-corrected chi connectivity index (χ1v) is 6.64. The van der Waals surface area contributed by atoms with Crippen LogP contribution < -0.4 is 5.32 Å². The molecule has 1 fully saturated rings. The molecule has 0 unspecified atom stereocenters. The lowest BCUT2D eigenvalue weighted by molar-refractivity contribution is -0.144. The van der Waals surface area contributed by atoms with Crippen LogP contribution in [0.4, 0.5) is 5.69 Å². The molecular formula is C14H18ClNO2. The van der Waals surface area contributed by atoms with Crippen LogP contribution in [0.15, 0.2) is 18.2 Å². The largest absolute Gasteiger partial charge is 0.464 e. The predicted octanol–water partition coefficient (Wildman–Crippen LogP) is 3.40. The van der Waals surface area contributed by atoms with Gasteiger partial charge >= 0.3 is 5.97 Å². The van der Waals surface area contributed by atoms with Gasteiger partial charge < -0.3 is 10.1 Å². The molecule has 1 atom stereocenters. The number of ether oxygens (including phenoxy) is 1. The number of carbonyl (C=O) groups excluding carboxylic acids is 1. The van der Waals surface area contributed by atoms with E-state index in [4.69, 9.17) is 16.3 Å². The van der Waals surface area contributed by atoms with Crippen LogP contribution in [-0.2, 0) is 9.53 Å². The van der Waals surface area contributed by atoms with Gasteiger partial charge in [0.2, 0.25) is 0 Å². The summed E-state index contributed by atoms with van der Waals surface area (Å²) >= 11 is 6.10. The monoisotopic (exact) mass is 267 g/mol. The van der Waals surface area contributed by atoms with Gasteiger partial charge in [-0.1, -0.05) is 23.7 Å². The van der Waals surface area contributed by atoms with E-state index in [1.54, 1.807) is 13.0 Å². The summed E-state index contributed by atoms with van der Waals surface area (Å²) in [5.74, 6) is 0.365. The van der Waals surface area contributed by atoms with Crippen LogP contribution in [0.25, 0.3) is 0 Å². The first-order chi connectivity index (χ1) is 8.58. The number of hydrogen-bond donors (Lipinski definition) is 1. The maximum atomic E-state index is 11.8. The Hall–Kier alpha value is -1.22. The van der Waals surface area contributed by atoms with E-state index in [2.05, 4.69) is 5.32 Å². The fraction of sp³-hybridized carbons (Fsp3) is 0.500. The lowest BCUT2D eigenvalue weighted by atomic mass is 10.2. The number of hydrogen-bond acceptors (Lipinski definition) is 3. The molecule has 98 valence electrons. The maximum absolute atomic E-state index is 11.8. The van der Waals surface area contributed by atoms with E-state index in [1.165, 1.54) is 12.8 Å². The first-order valence-electron chi connectivity index (χ1n) is 6.26. The van der Waals surface area contributed by atoms with Crippen molar-refractivity contribution in [3.63, 3.8) is 0 Å². The number of rotatable bonds is 5. The Morgan fingerprint density at radius 2 is 2.28 bits per heavy atom. The van der Waals surface area contributed by atoms with Gasteiger partial charge in [-0.05, 0) is 44.2 Å². The van der Waals surface area contributed by atoms with Crippen molar-refractivity contribution in [2.24, 2.45) is 5.92 Å². The Kier molecular flexibility index (Phi) is 4.12. The van der Waals surface area contributed by atoms with Gasteiger partial charge in [-0.2, -0.15) is 0 Å². The van der Waals surface area contributed by atoms with Crippen molar-refractivity contribution in [1.82, 2.24) is 0 Å². The second-order valence-electron chi connectivity index (χ2n) is 4.87. The molecule has 4 heteroatoms. The average Bonchev–Trinajstić information content (AvgIpc) is 3.14. The Morgan fingerprint density at radius 3 is 2.89 bits per heavy atom. The van der Waals surface area contributed by atoms with E-state index >= 15 is 0 Å². The zero-order valence-electron chi connectivity index (χ0n) is 10.7. The van der Waals surface area contributed by atoms with Gasteiger partial charge in [-0.15, -0.1) is 0 Å². The summed E-state index contributed by atoms with van der Waals surface area (Å²) in [6.07, 6.45) is 2.36. The number of nitrogens with one attached hydrogen (secondary N) is 1. The Balaban J connectivity index is 1.92. The summed E-state index contributed by atoms with van der Waals surface area (Å²) in [4.78, 5) is 11.8. The lowest BCUT2D eigenvalue weighted by Gasteiger charge is -2.17. The quantitative estimate of drug-likeness (QED) is 0.831. The lowest BCUT2D eigenvalue weighted by Crippen LogP contribution is -2.29. The molecule has 2 rings (SSSR count). The minimum absolute atomic E-state index is 0.221. The minimum atomic E-state index is -0.387. The Labute approximate surface area is 112 Å². The summed E-state index contributed by atoms with van der Waals surface area (Å²) in [6.45, 7) is 4.29. The highest BCUT2D eigenvalue weighted by Gasteiger charge is 2.24. The van der Waals surface area contributed by atoms with Crippen molar-refractivity contribution < 1.29 is 9.53 Å². The second-order valence-corrected chi connectivity index (χ2v) is 5.28. The summed E-state index contributed by atoms with van der Waals surface area (Å²) in [5.41, 5.74) is 1.82. The van der Waals surface area contributed by atoms with Crippen molar-refractivity contribution in [2.75, 3.05) is 11.9 Å². The third-order valence-corrected chi connectivity index (χ3v) is 3.41. The molecule has 1 aromatic rings. The van der Waals surface area contributed by atoms with Gasteiger partial charge in [0.15, 0.2) is 0 Å². The van der Waals surface area contributed by atoms with Crippen LogP contribution in [0.2, 0.25) is 5.02 Å². The van der Waals surface area contributed by atoms with Crippen LogP contribution in [0, 0.1) is 12.8 Å². The van der Waals surface area contributed by atoms with Gasteiger partial charge in [0.1, 0.15) is 6.04 Å². The molecule has 18 heavy (non-hydrogen) atoms. The molecule has 1 aliphatic rings. The molecule has 1 saturated carbocycles. The smallest absolute Gasteiger partial charge is 0.328 e. The molecule has 1 aliphatic carbocycles. The maximum Gasteiger partial charge on any atom is 0.328 e. The van der Waals surface area contributed by atoms with Crippen LogP contribution in [0.1, 0.15) is 25.3 Å². The number of para-hydroxylation sites is 1. The molecule has 1 N–H and O–H groups in total. The van der Waals surface area contributed by atoms with Gasteiger partial charge in [0.05, 0.1) is 17.3 Å². The third-order valence-electron chi connectivity index (χ3n) is 3.09. The van der Waals surface area contributed by atoms with Crippen LogP contribution in [0.3, 0.4) is 0 Å². The normalized spacial score (nSPS) is 16.2. The first kappa shape index (κ1) is 13.2. The molecule has 0 aliphatic heterocycles. The highest BCUT2D eigenvalue weighted by Crippen LogP contribution is 2.29. The van der Waals surface area contributed by atoms with Gasteiger partial charge in [-0.3, -0.25) is 0 Å². The summed E-state index contributed by atoms with van der Waals surface area (Å²) < 4.78 is 5.24. The minimum Gasteiger partial charge on any atom is -0.464 e. The topological polar surface area (TPSA) is 38.3 Å². The molecule has 0 spiro atoms. The number of halogens is 1. The molecule has 0 amide bonds. The van der Waals surface area contributed by atoms with Crippen molar-refractivity contribution in [1.29, 1.82) is 0 Å². The molecule has 0 bridgehead atoms. The summed E-state index contributed by atoms with van der Waals surface area (Å²) in [5, 5.41) is 3.74. The Morgan fingerprint density at radius 1 is 1.56 bits per heavy atom. The van der Waals surface area contributed by atoms with E-state index in [0.717, 1.165) is 11.3 Å². The zero-order valence-corrected chi connectivity index (χ0v) is 11.5. The number of benzene rings is 1. The summed E-state index contributed by atoms with van der Waals surface area (Å²) in [6, 6.07) is 5.26. The highest BCUT2D eigenvalue weighted by molar-refractivity contribution is 6.33. The van der Waals surface area contributed by atoms with E-state index < -0.39 is 0 Å². The molecule has 0 aromatic heterocycles. The molecule has 3 nitrogen and oxygen atoms in total.